The molecule has 9 aromatic rings. The fraction of sp³-hybridized carbons (Fsp3) is 0.0704. The van der Waals surface area contributed by atoms with Crippen LogP contribution in [0.2, 0.25) is 0 Å². The number of carbonyl (C=O) groups is 3. The van der Waals surface area contributed by atoms with E-state index in [2.05, 4.69) is 24.4 Å². The molecule has 0 aromatic heterocycles. The maximum absolute atomic E-state index is 13.8. The van der Waals surface area contributed by atoms with E-state index in [0.29, 0.717) is 16.7 Å². The van der Waals surface area contributed by atoms with Gasteiger partial charge in [-0.15, -0.1) is 0 Å². The average Bonchev–Trinajstić information content (AvgIpc) is 3.74. The van der Waals surface area contributed by atoms with Gasteiger partial charge in [0.2, 0.25) is 0 Å². The lowest BCUT2D eigenvalue weighted by atomic mass is 9.94. The smallest absolute Gasteiger partial charge is 0.348 e. The Kier molecular flexibility index (Phi) is 18.5. The molecule has 12 heteroatoms. The number of anilines is 9. The van der Waals surface area contributed by atoms with Crippen molar-refractivity contribution in [3.63, 3.8) is 0 Å². The fourth-order valence-corrected chi connectivity index (χ4v) is 8.93. The second kappa shape index (κ2) is 27.4. The number of hydrogen-bond acceptors (Lipinski definition) is 10. The third kappa shape index (κ3) is 14.6. The highest BCUT2D eigenvalue weighted by Crippen LogP contribution is 2.37. The molecule has 0 saturated heterocycles. The molecule has 0 heterocycles. The van der Waals surface area contributed by atoms with E-state index in [1.54, 1.807) is 43.3 Å². The Balaban J connectivity index is 0.927. The summed E-state index contributed by atoms with van der Waals surface area (Å²) in [6, 6.07) is 83.1. The predicted molar refractivity (Wildman–Crippen MR) is 327 cm³/mol. The van der Waals surface area contributed by atoms with E-state index in [1.807, 2.05) is 224 Å². The first-order valence-electron chi connectivity index (χ1n) is 26.4. The van der Waals surface area contributed by atoms with Crippen molar-refractivity contribution in [1.82, 2.24) is 0 Å². The predicted octanol–water partition coefficient (Wildman–Crippen LogP) is 16.6. The third-order valence-electron chi connectivity index (χ3n) is 13.1. The minimum Gasteiger partial charge on any atom is -0.470 e. The van der Waals surface area contributed by atoms with Gasteiger partial charge < -0.3 is 28.9 Å². The summed E-state index contributed by atoms with van der Waals surface area (Å²) in [7, 11) is 0. The molecule has 0 fully saturated rings. The Morgan fingerprint density at radius 1 is 0.386 bits per heavy atom. The summed E-state index contributed by atoms with van der Waals surface area (Å²) in [6.45, 7) is 15.9. The molecule has 0 saturated carbocycles. The first-order valence-corrected chi connectivity index (χ1v) is 26.4. The van der Waals surface area contributed by atoms with Crippen LogP contribution in [0.1, 0.15) is 23.6 Å². The fourth-order valence-electron chi connectivity index (χ4n) is 8.93. The van der Waals surface area contributed by atoms with Gasteiger partial charge in [-0.3, -0.25) is 9.59 Å². The van der Waals surface area contributed by atoms with Gasteiger partial charge in [0.05, 0.1) is 18.6 Å². The first kappa shape index (κ1) is 56.2. The first-order chi connectivity index (χ1) is 40.6. The zero-order valence-corrected chi connectivity index (χ0v) is 45.2. The molecule has 9 rings (SSSR count). The Hall–Kier alpha value is -11.5. The van der Waals surface area contributed by atoms with E-state index >= 15 is 0 Å². The molecule has 0 aliphatic heterocycles. The number of para-hydroxylation sites is 6. The van der Waals surface area contributed by atoms with Crippen LogP contribution < -0.4 is 14.7 Å². The number of nitriles is 1. The Morgan fingerprint density at radius 2 is 0.614 bits per heavy atom. The lowest BCUT2D eigenvalue weighted by Gasteiger charge is -2.28. The van der Waals surface area contributed by atoms with Crippen LogP contribution in [-0.2, 0) is 28.6 Å². The van der Waals surface area contributed by atoms with Crippen molar-refractivity contribution in [3.8, 4) is 6.07 Å². The van der Waals surface area contributed by atoms with E-state index in [1.165, 1.54) is 18.2 Å². The van der Waals surface area contributed by atoms with Crippen LogP contribution in [0.15, 0.2) is 272 Å². The van der Waals surface area contributed by atoms with Crippen LogP contribution in [0.4, 0.5) is 51.2 Å². The molecular weight excluding hydrogens is 1030 g/mol. The third-order valence-corrected chi connectivity index (χ3v) is 13.1. The molecule has 0 spiro atoms. The molecule has 83 heavy (non-hydrogen) atoms. The summed E-state index contributed by atoms with van der Waals surface area (Å²) in [6.07, 6.45) is 4.21. The summed E-state index contributed by atoms with van der Waals surface area (Å²) >= 11 is 0. The van der Waals surface area contributed by atoms with Crippen LogP contribution in [-0.4, -0.2) is 37.7 Å². The molecule has 404 valence electrons. The molecule has 0 radical (unpaired) electrons. The van der Waals surface area contributed by atoms with Crippen LogP contribution in [0, 0.1) is 29.9 Å². The molecule has 0 aliphatic carbocycles. The standard InChI is InChI=1S/C71H54N6O6/c1-71(50-81-68(78)56(49-72)46-53-34-40-63(41-35-53)75(57-22-10-4-11-23-57)58-24-12-5-13-25-58,51-82-69(79)66(73-2)47-54-36-42-64(43-37-54)76(59-26-14-6-15-27-59)60-28-16-7-17-29-60)52-83-70(80)67(74-3)48-55-38-44-65(45-39-55)77(61-30-18-8-19-31-61)62-32-20-9-21-33-62/h4-48H,50-52H2,1H3/b56-46+,66-47-,67-48-. The zero-order valence-electron chi connectivity index (χ0n) is 45.2. The van der Waals surface area contributed by atoms with Crippen molar-refractivity contribution in [2.24, 2.45) is 5.41 Å². The molecule has 0 atom stereocenters. The van der Waals surface area contributed by atoms with Crippen molar-refractivity contribution in [2.75, 3.05) is 34.5 Å². The lowest BCUT2D eigenvalue weighted by molar-refractivity contribution is -0.155. The summed E-state index contributed by atoms with van der Waals surface area (Å²) < 4.78 is 17.3. The lowest BCUT2D eigenvalue weighted by Crippen LogP contribution is -2.37. The topological polar surface area (TPSA) is 121 Å². The summed E-state index contributed by atoms with van der Waals surface area (Å²) in [5.74, 6) is -2.95. The number of esters is 3. The van der Waals surface area contributed by atoms with Crippen LogP contribution >= 0.6 is 0 Å². The van der Waals surface area contributed by atoms with Crippen LogP contribution in [0.25, 0.3) is 27.9 Å². The van der Waals surface area contributed by atoms with Gasteiger partial charge in [0, 0.05) is 51.2 Å². The van der Waals surface area contributed by atoms with Gasteiger partial charge in [0.1, 0.15) is 31.5 Å². The van der Waals surface area contributed by atoms with Gasteiger partial charge in [0.25, 0.3) is 11.4 Å². The minimum absolute atomic E-state index is 0.322. The number of ether oxygens (including phenoxy) is 3. The highest BCUT2D eigenvalue weighted by atomic mass is 16.6. The number of rotatable bonds is 21. The second-order valence-electron chi connectivity index (χ2n) is 19.3. The second-order valence-corrected chi connectivity index (χ2v) is 19.3. The SMILES string of the molecule is [C-]#[N+]/C(=C\c1ccc(N(c2ccccc2)c2ccccc2)cc1)C(=O)OCC(C)(COC(=O)/C(=C/c1ccc(N(c2ccccc2)c2ccccc2)cc1)[N+]#[C-])COC(=O)/C(C#N)=C/c1ccc(N(c2ccccc2)c2ccccc2)cc1. The van der Waals surface area contributed by atoms with Gasteiger partial charge >= 0.3 is 17.9 Å². The highest BCUT2D eigenvalue weighted by molar-refractivity contribution is 5.98. The number of nitrogens with zero attached hydrogens (tertiary/aromatic N) is 6. The maximum atomic E-state index is 13.8. The van der Waals surface area contributed by atoms with E-state index in [4.69, 9.17) is 27.4 Å². The van der Waals surface area contributed by atoms with Crippen molar-refractivity contribution in [1.29, 1.82) is 5.26 Å². The van der Waals surface area contributed by atoms with E-state index < -0.39 is 43.1 Å². The number of hydrogen-bond donors (Lipinski definition) is 0. The molecule has 0 N–H and O–H groups in total. The molecular formula is C71H54N6O6. The molecule has 0 unspecified atom stereocenters. The molecule has 0 amide bonds. The minimum atomic E-state index is -1.46. The largest absolute Gasteiger partial charge is 0.470 e. The van der Waals surface area contributed by atoms with Crippen molar-refractivity contribution in [2.45, 2.75) is 6.92 Å². The molecule has 9 aromatic carbocycles. The van der Waals surface area contributed by atoms with Gasteiger partial charge in [-0.1, -0.05) is 146 Å². The summed E-state index contributed by atoms with van der Waals surface area (Å²) in [5.41, 5.74) is 7.35. The van der Waals surface area contributed by atoms with E-state index in [-0.39, 0.29) is 17.0 Å². The number of benzene rings is 9. The average molecular weight is 1090 g/mol. The van der Waals surface area contributed by atoms with Crippen molar-refractivity contribution >= 4 is 87.3 Å². The van der Waals surface area contributed by atoms with Gasteiger partial charge in [-0.05, 0) is 151 Å². The van der Waals surface area contributed by atoms with Crippen LogP contribution in [0.5, 0.6) is 0 Å². The van der Waals surface area contributed by atoms with Gasteiger partial charge in [0.15, 0.2) is 0 Å². The van der Waals surface area contributed by atoms with Crippen molar-refractivity contribution < 1.29 is 28.6 Å². The highest BCUT2D eigenvalue weighted by Gasteiger charge is 2.33. The zero-order chi connectivity index (χ0) is 57.8. The quantitative estimate of drug-likeness (QED) is 0.0226. The van der Waals surface area contributed by atoms with Crippen molar-refractivity contribution in [3.05, 3.63) is 311 Å². The maximum Gasteiger partial charge on any atom is 0.348 e. The van der Waals surface area contributed by atoms with E-state index in [0.717, 1.165) is 51.2 Å². The monoisotopic (exact) mass is 1090 g/mol. The summed E-state index contributed by atoms with van der Waals surface area (Å²) in [4.78, 5) is 54.6. The normalized spacial score (nSPS) is 12.0. The Bertz CT molecular complexity index is 3350. The van der Waals surface area contributed by atoms with Crippen LogP contribution in [0.3, 0.4) is 0 Å². The Morgan fingerprint density at radius 3 is 0.855 bits per heavy atom. The molecule has 0 aliphatic rings. The summed E-state index contributed by atoms with van der Waals surface area (Å²) in [5, 5.41) is 10.3. The molecule has 12 nitrogen and oxygen atoms in total. The van der Waals surface area contributed by atoms with E-state index in [9.17, 15) is 19.6 Å². The Labute approximate surface area is 483 Å². The van der Waals surface area contributed by atoms with Gasteiger partial charge in [-0.25, -0.2) is 14.5 Å². The number of carbonyl (C=O) groups excluding carboxylic acids is 3. The van der Waals surface area contributed by atoms with Gasteiger partial charge in [-0.2, -0.15) is 5.26 Å². The molecule has 0 bridgehead atoms.